The highest BCUT2D eigenvalue weighted by Crippen LogP contribution is 2.34. The Morgan fingerprint density at radius 2 is 2.00 bits per heavy atom. The van der Waals surface area contributed by atoms with Gasteiger partial charge in [0.15, 0.2) is 0 Å². The van der Waals surface area contributed by atoms with Crippen molar-refractivity contribution in [2.24, 2.45) is 0 Å². The first-order valence-corrected chi connectivity index (χ1v) is 9.89. The lowest BCUT2D eigenvalue weighted by Gasteiger charge is -2.31. The summed E-state index contributed by atoms with van der Waals surface area (Å²) in [7, 11) is 1.71. The molecule has 1 N–H and O–H groups in total. The first-order chi connectivity index (χ1) is 14.4. The van der Waals surface area contributed by atoms with Crippen molar-refractivity contribution in [3.63, 3.8) is 0 Å². The summed E-state index contributed by atoms with van der Waals surface area (Å²) < 4.78 is 21.1. The molecule has 0 fully saturated rings. The van der Waals surface area contributed by atoms with Crippen LogP contribution >= 0.6 is 0 Å². The molecule has 1 aromatic heterocycles. The Morgan fingerprint density at radius 3 is 2.73 bits per heavy atom. The third-order valence-corrected chi connectivity index (χ3v) is 5.74. The van der Waals surface area contributed by atoms with Crippen molar-refractivity contribution in [1.82, 2.24) is 9.47 Å². The summed E-state index contributed by atoms with van der Waals surface area (Å²) in [4.78, 5) is 25.5. The van der Waals surface area contributed by atoms with Gasteiger partial charge in [-0.25, -0.2) is 9.18 Å². The predicted octanol–water partition coefficient (Wildman–Crippen LogP) is 3.99. The molecule has 0 unspecified atom stereocenters. The Hall–Kier alpha value is -3.35. The van der Waals surface area contributed by atoms with Crippen LogP contribution in [0.15, 0.2) is 48.5 Å². The number of rotatable bonds is 5. The van der Waals surface area contributed by atoms with Crippen LogP contribution in [-0.2, 0) is 35.5 Å². The van der Waals surface area contributed by atoms with Gasteiger partial charge in [-0.1, -0.05) is 30.3 Å². The van der Waals surface area contributed by atoms with Gasteiger partial charge < -0.3 is 19.3 Å². The summed E-state index contributed by atoms with van der Waals surface area (Å²) in [6.07, 6.45) is 1.41. The molecule has 2 aromatic carbocycles. The first kappa shape index (κ1) is 19.9. The van der Waals surface area contributed by atoms with Crippen molar-refractivity contribution in [2.75, 3.05) is 7.05 Å². The van der Waals surface area contributed by atoms with Crippen LogP contribution in [0.4, 0.5) is 9.18 Å². The molecule has 30 heavy (non-hydrogen) atoms. The monoisotopic (exact) mass is 410 g/mol. The Kier molecular flexibility index (Phi) is 5.44. The van der Waals surface area contributed by atoms with Gasteiger partial charge in [0, 0.05) is 29.7 Å². The molecule has 0 saturated carbocycles. The molecule has 0 bridgehead atoms. The molecule has 4 rings (SSSR count). The van der Waals surface area contributed by atoms with Gasteiger partial charge in [0.05, 0.1) is 0 Å². The number of carboxylic acid groups (broad SMARTS) is 1. The summed E-state index contributed by atoms with van der Waals surface area (Å²) in [6, 6.07) is 13.8. The second kappa shape index (κ2) is 8.18. The molecule has 7 heteroatoms. The fourth-order valence-electron chi connectivity index (χ4n) is 4.22. The molecule has 0 spiro atoms. The van der Waals surface area contributed by atoms with Crippen molar-refractivity contribution < 1.29 is 23.8 Å². The van der Waals surface area contributed by atoms with E-state index in [2.05, 4.69) is 0 Å². The Labute approximate surface area is 173 Å². The standard InChI is InChI=1S/C23H23FN2O4/c1-25(23(29)30-14-15-5-3-2-4-6-15)17-8-10-21-19(12-17)18-11-16(24)7-9-20(18)26(21)13-22(27)28/h2-7,9,11,17H,8,10,12-14H2,1H3,(H,27,28)/t17-/m0/s1. The van der Waals surface area contributed by atoms with E-state index in [0.29, 0.717) is 30.2 Å². The number of halogens is 1. The molecule has 3 aromatic rings. The van der Waals surface area contributed by atoms with Crippen molar-refractivity contribution in [3.8, 4) is 0 Å². The number of hydrogen-bond acceptors (Lipinski definition) is 3. The van der Waals surface area contributed by atoms with Gasteiger partial charge in [0.2, 0.25) is 0 Å². The number of carbonyl (C=O) groups excluding carboxylic acids is 1. The minimum absolute atomic E-state index is 0.104. The van der Waals surface area contributed by atoms with E-state index >= 15 is 0 Å². The summed E-state index contributed by atoms with van der Waals surface area (Å²) in [5.41, 5.74) is 3.43. The van der Waals surface area contributed by atoms with Crippen molar-refractivity contribution in [3.05, 3.63) is 71.2 Å². The minimum atomic E-state index is -0.942. The van der Waals surface area contributed by atoms with E-state index < -0.39 is 12.1 Å². The maximum absolute atomic E-state index is 13.9. The average molecular weight is 410 g/mol. The van der Waals surface area contributed by atoms with Crippen LogP contribution in [0.3, 0.4) is 0 Å². The molecular weight excluding hydrogens is 387 g/mol. The van der Waals surface area contributed by atoms with Crippen LogP contribution in [-0.4, -0.2) is 39.7 Å². The molecule has 6 nitrogen and oxygen atoms in total. The number of amides is 1. The summed E-state index contributed by atoms with van der Waals surface area (Å²) in [5, 5.41) is 10.0. The number of aromatic nitrogens is 1. The zero-order valence-corrected chi connectivity index (χ0v) is 16.7. The number of aliphatic carboxylic acids is 1. The summed E-state index contributed by atoms with van der Waals surface area (Å²) >= 11 is 0. The van der Waals surface area contributed by atoms with E-state index in [9.17, 15) is 19.1 Å². The van der Waals surface area contributed by atoms with E-state index in [1.54, 1.807) is 22.6 Å². The lowest BCUT2D eigenvalue weighted by atomic mass is 9.90. The van der Waals surface area contributed by atoms with Gasteiger partial charge in [-0.15, -0.1) is 0 Å². The molecule has 1 atom stereocenters. The van der Waals surface area contributed by atoms with Crippen LogP contribution in [0.2, 0.25) is 0 Å². The fourth-order valence-corrected chi connectivity index (χ4v) is 4.22. The van der Waals surface area contributed by atoms with Crippen molar-refractivity contribution in [1.29, 1.82) is 0 Å². The number of fused-ring (bicyclic) bond motifs is 3. The SMILES string of the molecule is CN(C(=O)OCc1ccccc1)[C@H]1CCc2c(c3cc(F)ccc3n2CC(=O)O)C1. The zero-order valence-electron chi connectivity index (χ0n) is 16.7. The summed E-state index contributed by atoms with van der Waals surface area (Å²) in [5.74, 6) is -1.31. The van der Waals surface area contributed by atoms with Crippen LogP contribution in [0, 0.1) is 5.82 Å². The highest BCUT2D eigenvalue weighted by molar-refractivity contribution is 5.87. The van der Waals surface area contributed by atoms with Crippen LogP contribution in [0.25, 0.3) is 10.9 Å². The molecule has 0 radical (unpaired) electrons. The molecule has 156 valence electrons. The number of likely N-dealkylation sites (N-methyl/N-ethyl adjacent to an activating group) is 1. The van der Waals surface area contributed by atoms with E-state index in [1.807, 2.05) is 30.3 Å². The second-order valence-electron chi connectivity index (χ2n) is 7.61. The molecule has 0 aliphatic heterocycles. The summed E-state index contributed by atoms with van der Waals surface area (Å²) in [6.45, 7) is 0.0300. The van der Waals surface area contributed by atoms with E-state index in [1.165, 1.54) is 12.1 Å². The highest BCUT2D eigenvalue weighted by Gasteiger charge is 2.30. The van der Waals surface area contributed by atoms with Crippen LogP contribution < -0.4 is 0 Å². The van der Waals surface area contributed by atoms with Gasteiger partial charge in [0.1, 0.15) is 19.0 Å². The fraction of sp³-hybridized carbons (Fsp3) is 0.304. The van der Waals surface area contributed by atoms with E-state index in [-0.39, 0.29) is 25.0 Å². The maximum atomic E-state index is 13.9. The third kappa shape index (κ3) is 3.87. The molecule has 1 aliphatic rings. The first-order valence-electron chi connectivity index (χ1n) is 9.89. The Morgan fingerprint density at radius 1 is 1.23 bits per heavy atom. The number of hydrogen-bond donors (Lipinski definition) is 1. The number of benzene rings is 2. The molecule has 1 aliphatic carbocycles. The Bertz CT molecular complexity index is 1090. The largest absolute Gasteiger partial charge is 0.480 e. The molecule has 0 saturated heterocycles. The number of carboxylic acids is 1. The van der Waals surface area contributed by atoms with Crippen molar-refractivity contribution >= 4 is 23.0 Å². The lowest BCUT2D eigenvalue weighted by Crippen LogP contribution is -2.41. The normalized spacial score (nSPS) is 15.6. The van der Waals surface area contributed by atoms with E-state index in [0.717, 1.165) is 16.8 Å². The minimum Gasteiger partial charge on any atom is -0.480 e. The predicted molar refractivity (Wildman–Crippen MR) is 110 cm³/mol. The molecule has 1 amide bonds. The smallest absolute Gasteiger partial charge is 0.410 e. The number of nitrogens with zero attached hydrogens (tertiary/aromatic N) is 2. The van der Waals surface area contributed by atoms with Gasteiger partial charge in [0.25, 0.3) is 0 Å². The second-order valence-corrected chi connectivity index (χ2v) is 7.61. The lowest BCUT2D eigenvalue weighted by molar-refractivity contribution is -0.137. The number of carbonyl (C=O) groups is 2. The third-order valence-electron chi connectivity index (χ3n) is 5.74. The zero-order chi connectivity index (χ0) is 21.3. The van der Waals surface area contributed by atoms with Gasteiger partial charge in [-0.3, -0.25) is 4.79 Å². The van der Waals surface area contributed by atoms with Crippen LogP contribution in [0.5, 0.6) is 0 Å². The topological polar surface area (TPSA) is 71.8 Å². The maximum Gasteiger partial charge on any atom is 0.410 e. The van der Waals surface area contributed by atoms with Crippen LogP contribution in [0.1, 0.15) is 23.2 Å². The van der Waals surface area contributed by atoms with Gasteiger partial charge in [-0.2, -0.15) is 0 Å². The average Bonchev–Trinajstić information content (AvgIpc) is 3.04. The van der Waals surface area contributed by atoms with Gasteiger partial charge >= 0.3 is 12.1 Å². The van der Waals surface area contributed by atoms with Crippen molar-refractivity contribution in [2.45, 2.75) is 38.5 Å². The molecular formula is C23H23FN2O4. The van der Waals surface area contributed by atoms with E-state index in [4.69, 9.17) is 4.74 Å². The molecule has 1 heterocycles. The number of ether oxygens (including phenoxy) is 1. The van der Waals surface area contributed by atoms with Gasteiger partial charge in [-0.05, 0) is 48.6 Å². The quantitative estimate of drug-likeness (QED) is 0.690. The Balaban J connectivity index is 1.55. The highest BCUT2D eigenvalue weighted by atomic mass is 19.1.